The number of halogens is 1. The summed E-state index contributed by atoms with van der Waals surface area (Å²) in [5.74, 6) is -0.292. The number of amides is 1. The highest BCUT2D eigenvalue weighted by atomic mass is 35.5. The molecule has 0 radical (unpaired) electrons. The average Bonchev–Trinajstić information content (AvgIpc) is 2.69. The molecule has 0 heterocycles. The van der Waals surface area contributed by atoms with E-state index in [9.17, 15) is 4.79 Å². The van der Waals surface area contributed by atoms with E-state index in [0.717, 1.165) is 19.6 Å². The van der Waals surface area contributed by atoms with E-state index in [-0.39, 0.29) is 5.91 Å². The number of rotatable bonds is 7. The Kier molecular flexibility index (Phi) is 7.79. The molecule has 0 saturated carbocycles. The van der Waals surface area contributed by atoms with Crippen LogP contribution in [0.2, 0.25) is 5.02 Å². The Labute approximate surface area is 177 Å². The van der Waals surface area contributed by atoms with Crippen LogP contribution in [-0.4, -0.2) is 12.1 Å². The van der Waals surface area contributed by atoms with Gasteiger partial charge in [-0.05, 0) is 42.0 Å². The van der Waals surface area contributed by atoms with Gasteiger partial charge < -0.3 is 0 Å². The van der Waals surface area contributed by atoms with Crippen LogP contribution in [0.15, 0.2) is 110 Å². The maximum absolute atomic E-state index is 12.3. The Balaban J connectivity index is 1.70. The molecule has 140 valence electrons. The summed E-state index contributed by atoms with van der Waals surface area (Å²) < 4.78 is 0.854. The predicted molar refractivity (Wildman–Crippen MR) is 120 cm³/mol. The minimum Gasteiger partial charge on any atom is -0.268 e. The molecule has 3 rings (SSSR count). The van der Waals surface area contributed by atoms with Gasteiger partial charge in [-0.15, -0.1) is 0 Å². The lowest BCUT2D eigenvalue weighted by Gasteiger charge is -2.07. The molecule has 0 aromatic heterocycles. The Morgan fingerprint density at radius 1 is 0.857 bits per heavy atom. The SMILES string of the molecule is O=C(C=C(Sc1ccccc1)Sc1ccccc1)N/N=C/c1cccc(Cl)c1. The zero-order valence-electron chi connectivity index (χ0n) is 14.8. The second kappa shape index (κ2) is 10.8. The lowest BCUT2D eigenvalue weighted by atomic mass is 10.2. The normalized spacial score (nSPS) is 10.6. The number of carbonyl (C=O) groups excluding carboxylic acids is 1. The van der Waals surface area contributed by atoms with Crippen LogP contribution in [0.1, 0.15) is 5.56 Å². The predicted octanol–water partition coefficient (Wildman–Crippen LogP) is 6.22. The van der Waals surface area contributed by atoms with Gasteiger partial charge in [0.1, 0.15) is 0 Å². The summed E-state index contributed by atoms with van der Waals surface area (Å²) in [7, 11) is 0. The Bertz CT molecular complexity index is 933. The number of nitrogens with zero attached hydrogens (tertiary/aromatic N) is 1. The van der Waals surface area contributed by atoms with Crippen LogP contribution in [-0.2, 0) is 4.79 Å². The lowest BCUT2D eigenvalue weighted by molar-refractivity contribution is -0.116. The number of hydrazone groups is 1. The molecule has 3 aromatic rings. The van der Waals surface area contributed by atoms with E-state index in [4.69, 9.17) is 11.6 Å². The smallest absolute Gasteiger partial charge is 0.265 e. The average molecular weight is 425 g/mol. The first-order valence-electron chi connectivity index (χ1n) is 8.45. The summed E-state index contributed by atoms with van der Waals surface area (Å²) in [5, 5.41) is 4.62. The van der Waals surface area contributed by atoms with Crippen LogP contribution in [0.5, 0.6) is 0 Å². The van der Waals surface area contributed by atoms with Crippen molar-refractivity contribution in [2.45, 2.75) is 9.79 Å². The Morgan fingerprint density at radius 2 is 1.46 bits per heavy atom. The van der Waals surface area contributed by atoms with Gasteiger partial charge in [0.15, 0.2) is 0 Å². The van der Waals surface area contributed by atoms with Crippen molar-refractivity contribution in [2.24, 2.45) is 5.10 Å². The van der Waals surface area contributed by atoms with Gasteiger partial charge in [-0.25, -0.2) is 5.43 Å². The minimum absolute atomic E-state index is 0.292. The van der Waals surface area contributed by atoms with Gasteiger partial charge in [0, 0.05) is 20.9 Å². The fourth-order valence-corrected chi connectivity index (χ4v) is 4.51. The molecule has 28 heavy (non-hydrogen) atoms. The number of carbonyl (C=O) groups is 1. The molecule has 3 nitrogen and oxygen atoms in total. The van der Waals surface area contributed by atoms with E-state index in [0.29, 0.717) is 5.02 Å². The summed E-state index contributed by atoms with van der Waals surface area (Å²) in [5.41, 5.74) is 3.35. The standard InChI is InChI=1S/C22H17ClN2OS2/c23-18-9-7-8-17(14-18)16-24-25-21(26)15-22(27-19-10-3-1-4-11-19)28-20-12-5-2-6-13-20/h1-16H,(H,25,26)/b24-16+. The molecule has 0 saturated heterocycles. The fourth-order valence-electron chi connectivity index (χ4n) is 2.19. The van der Waals surface area contributed by atoms with Crippen molar-refractivity contribution in [1.82, 2.24) is 5.43 Å². The van der Waals surface area contributed by atoms with E-state index in [1.54, 1.807) is 24.4 Å². The molecule has 0 aliphatic carbocycles. The molecule has 1 amide bonds. The van der Waals surface area contributed by atoms with Crippen LogP contribution >= 0.6 is 35.1 Å². The Morgan fingerprint density at radius 3 is 2.04 bits per heavy atom. The first-order valence-corrected chi connectivity index (χ1v) is 10.5. The van der Waals surface area contributed by atoms with E-state index < -0.39 is 0 Å². The van der Waals surface area contributed by atoms with Crippen LogP contribution in [0, 0.1) is 0 Å². The van der Waals surface area contributed by atoms with Crippen molar-refractivity contribution in [1.29, 1.82) is 0 Å². The van der Waals surface area contributed by atoms with Gasteiger partial charge in [0.05, 0.1) is 10.5 Å². The van der Waals surface area contributed by atoms with Gasteiger partial charge >= 0.3 is 0 Å². The molecule has 0 spiro atoms. The van der Waals surface area contributed by atoms with E-state index >= 15 is 0 Å². The van der Waals surface area contributed by atoms with E-state index in [1.165, 1.54) is 23.5 Å². The molecule has 6 heteroatoms. The summed E-state index contributed by atoms with van der Waals surface area (Å²) >= 11 is 9.02. The number of hydrogen-bond donors (Lipinski definition) is 1. The van der Waals surface area contributed by atoms with Gasteiger partial charge in [0.2, 0.25) is 0 Å². The van der Waals surface area contributed by atoms with E-state index in [2.05, 4.69) is 10.5 Å². The molecule has 0 atom stereocenters. The van der Waals surface area contributed by atoms with Crippen molar-refractivity contribution in [3.05, 3.63) is 106 Å². The molecule has 0 bridgehead atoms. The Hall–Kier alpha value is -2.47. The highest BCUT2D eigenvalue weighted by Crippen LogP contribution is 2.38. The second-order valence-electron chi connectivity index (χ2n) is 5.58. The molecule has 0 aliphatic rings. The molecule has 0 unspecified atom stereocenters. The monoisotopic (exact) mass is 424 g/mol. The summed E-state index contributed by atoms with van der Waals surface area (Å²) in [6, 6.07) is 27.1. The molecule has 0 fully saturated rings. The van der Waals surface area contributed by atoms with Gasteiger partial charge in [0.25, 0.3) is 5.91 Å². The van der Waals surface area contributed by atoms with Crippen molar-refractivity contribution < 1.29 is 4.79 Å². The van der Waals surface area contributed by atoms with Crippen LogP contribution in [0.25, 0.3) is 0 Å². The van der Waals surface area contributed by atoms with Crippen molar-refractivity contribution >= 4 is 47.2 Å². The molecular weight excluding hydrogens is 408 g/mol. The van der Waals surface area contributed by atoms with Crippen molar-refractivity contribution in [3.63, 3.8) is 0 Å². The molecule has 3 aromatic carbocycles. The van der Waals surface area contributed by atoms with Crippen LogP contribution in [0.3, 0.4) is 0 Å². The highest BCUT2D eigenvalue weighted by Gasteiger charge is 2.07. The van der Waals surface area contributed by atoms with Crippen LogP contribution < -0.4 is 5.43 Å². The number of nitrogens with one attached hydrogen (secondary N) is 1. The van der Waals surface area contributed by atoms with E-state index in [1.807, 2.05) is 72.8 Å². The van der Waals surface area contributed by atoms with Crippen molar-refractivity contribution in [3.8, 4) is 0 Å². The third-order valence-corrected chi connectivity index (χ3v) is 5.80. The van der Waals surface area contributed by atoms with Crippen LogP contribution in [0.4, 0.5) is 0 Å². The zero-order chi connectivity index (χ0) is 19.6. The second-order valence-corrected chi connectivity index (χ2v) is 8.51. The number of thioether (sulfide) groups is 2. The minimum atomic E-state index is -0.292. The first-order chi connectivity index (χ1) is 13.7. The largest absolute Gasteiger partial charge is 0.268 e. The van der Waals surface area contributed by atoms with Gasteiger partial charge in [-0.2, -0.15) is 5.10 Å². The van der Waals surface area contributed by atoms with Gasteiger partial charge in [-0.3, -0.25) is 4.79 Å². The first kappa shape index (κ1) is 20.3. The zero-order valence-corrected chi connectivity index (χ0v) is 17.2. The quantitative estimate of drug-likeness (QED) is 0.212. The maximum atomic E-state index is 12.3. The molecular formula is C22H17ClN2OS2. The third-order valence-electron chi connectivity index (χ3n) is 3.41. The number of hydrogen-bond acceptors (Lipinski definition) is 4. The van der Waals surface area contributed by atoms with Crippen molar-refractivity contribution in [2.75, 3.05) is 0 Å². The third kappa shape index (κ3) is 6.93. The topological polar surface area (TPSA) is 41.5 Å². The summed E-state index contributed by atoms with van der Waals surface area (Å²) in [6.45, 7) is 0. The van der Waals surface area contributed by atoms with Gasteiger partial charge in [-0.1, -0.05) is 83.7 Å². The summed E-state index contributed by atoms with van der Waals surface area (Å²) in [6.07, 6.45) is 3.12. The lowest BCUT2D eigenvalue weighted by Crippen LogP contribution is -2.14. The molecule has 0 aliphatic heterocycles. The molecule has 1 N–H and O–H groups in total. The summed E-state index contributed by atoms with van der Waals surface area (Å²) in [4.78, 5) is 14.5. The maximum Gasteiger partial charge on any atom is 0.265 e. The fraction of sp³-hybridized carbons (Fsp3) is 0. The number of benzene rings is 3. The highest BCUT2D eigenvalue weighted by molar-refractivity contribution is 8.22.